The van der Waals surface area contributed by atoms with E-state index in [2.05, 4.69) is 13.2 Å². The van der Waals surface area contributed by atoms with Gasteiger partial charge in [0, 0.05) is 5.47 Å². The molecule has 0 N–H and O–H groups in total. The van der Waals surface area contributed by atoms with E-state index in [9.17, 15) is 0 Å². The zero-order chi connectivity index (χ0) is 13.3. The molecule has 0 radical (unpaired) electrons. The minimum absolute atomic E-state index is 0.369. The third-order valence-electron chi connectivity index (χ3n) is 3.42. The highest BCUT2D eigenvalue weighted by Gasteiger charge is 2.52. The van der Waals surface area contributed by atoms with Gasteiger partial charge in [-0.1, -0.05) is 19.2 Å². The fraction of sp³-hybridized carbons (Fsp3) is 0.538. The smallest absolute Gasteiger partial charge is 0.497 e. The Balaban J connectivity index is 3.08. The molecule has 1 aliphatic rings. The van der Waals surface area contributed by atoms with Gasteiger partial charge < -0.3 is 14.0 Å². The quantitative estimate of drug-likeness (QED) is 0.426. The van der Waals surface area contributed by atoms with Crippen LogP contribution in [0.5, 0.6) is 0 Å². The average molecular weight is 236 g/mol. The predicted octanol–water partition coefficient (Wildman–Crippen LogP) is 2.89. The van der Waals surface area contributed by atoms with Gasteiger partial charge in [0.05, 0.1) is 18.3 Å². The van der Waals surface area contributed by atoms with Gasteiger partial charge in [-0.2, -0.15) is 0 Å². The highest BCUT2D eigenvalue weighted by atomic mass is 16.7. The van der Waals surface area contributed by atoms with Crippen LogP contribution in [0, 0.1) is 0 Å². The summed E-state index contributed by atoms with van der Waals surface area (Å²) in [6, 6.07) is 0. The van der Waals surface area contributed by atoms with Gasteiger partial charge in [0.1, 0.15) is 5.76 Å². The van der Waals surface area contributed by atoms with E-state index in [1.807, 2.05) is 27.7 Å². The maximum absolute atomic E-state index is 5.92. The Hall–Kier alpha value is -0.995. The van der Waals surface area contributed by atoms with Crippen molar-refractivity contribution in [3.8, 4) is 0 Å². The molecule has 4 heteroatoms. The number of hydrogen-bond acceptors (Lipinski definition) is 3. The topological polar surface area (TPSA) is 27.7 Å². The average Bonchev–Trinajstić information content (AvgIpc) is 2.44. The first kappa shape index (κ1) is 14.1. The first-order valence-electron chi connectivity index (χ1n) is 5.67. The summed E-state index contributed by atoms with van der Waals surface area (Å²) in [5.74, 6) is 0.624. The van der Waals surface area contributed by atoms with Gasteiger partial charge in [0.2, 0.25) is 0 Å². The summed E-state index contributed by atoms with van der Waals surface area (Å²) in [7, 11) is 1.12. The Morgan fingerprint density at radius 2 is 1.53 bits per heavy atom. The van der Waals surface area contributed by atoms with Crippen molar-refractivity contribution in [2.24, 2.45) is 0 Å². The van der Waals surface area contributed by atoms with Crippen LogP contribution in [0.3, 0.4) is 0 Å². The van der Waals surface area contributed by atoms with Gasteiger partial charge in [0.15, 0.2) is 0 Å². The molecule has 1 aliphatic heterocycles. The largest absolute Gasteiger partial charge is 0.498 e. The van der Waals surface area contributed by atoms with Crippen LogP contribution in [0.4, 0.5) is 0 Å². The Morgan fingerprint density at radius 1 is 1.06 bits per heavy atom. The van der Waals surface area contributed by atoms with Crippen molar-refractivity contribution in [1.82, 2.24) is 0 Å². The van der Waals surface area contributed by atoms with Gasteiger partial charge in [-0.05, 0) is 33.8 Å². The Bertz CT molecular complexity index is 340. The van der Waals surface area contributed by atoms with E-state index in [1.165, 1.54) is 0 Å². The fourth-order valence-corrected chi connectivity index (χ4v) is 1.60. The van der Waals surface area contributed by atoms with Crippen molar-refractivity contribution < 1.29 is 14.0 Å². The van der Waals surface area contributed by atoms with E-state index in [0.29, 0.717) is 5.76 Å². The SMILES string of the molecule is C=C/C(OC)=C(\C=C)B1OC(C)(C)C(C)(C)O1. The van der Waals surface area contributed by atoms with Gasteiger partial charge in [-0.15, -0.1) is 0 Å². The minimum Gasteiger partial charge on any atom is -0.497 e. The van der Waals surface area contributed by atoms with Crippen LogP contribution in [0.25, 0.3) is 0 Å². The summed E-state index contributed by atoms with van der Waals surface area (Å²) in [5.41, 5.74) is 0.0268. The predicted molar refractivity (Wildman–Crippen MR) is 70.5 cm³/mol. The molecule has 0 saturated carbocycles. The van der Waals surface area contributed by atoms with Crippen LogP contribution in [0.2, 0.25) is 0 Å². The molecule has 0 aromatic carbocycles. The molecule has 0 unspecified atom stereocenters. The van der Waals surface area contributed by atoms with E-state index < -0.39 is 7.12 Å². The van der Waals surface area contributed by atoms with E-state index in [4.69, 9.17) is 14.0 Å². The maximum Gasteiger partial charge on any atom is 0.498 e. The number of rotatable bonds is 4. The first-order valence-corrected chi connectivity index (χ1v) is 5.67. The molecule has 94 valence electrons. The van der Waals surface area contributed by atoms with Crippen molar-refractivity contribution in [2.45, 2.75) is 38.9 Å². The lowest BCUT2D eigenvalue weighted by Gasteiger charge is -2.32. The number of hydrogen-bond donors (Lipinski definition) is 0. The van der Waals surface area contributed by atoms with Gasteiger partial charge in [-0.25, -0.2) is 0 Å². The summed E-state index contributed by atoms with van der Waals surface area (Å²) in [6.45, 7) is 15.5. The molecule has 1 saturated heterocycles. The molecule has 1 fully saturated rings. The lowest BCUT2D eigenvalue weighted by molar-refractivity contribution is 0.00578. The van der Waals surface area contributed by atoms with Crippen LogP contribution in [-0.4, -0.2) is 25.4 Å². The molecule has 0 spiro atoms. The first-order chi connectivity index (χ1) is 7.79. The summed E-state index contributed by atoms with van der Waals surface area (Å²) in [4.78, 5) is 0. The molecule has 0 aliphatic carbocycles. The summed E-state index contributed by atoms with van der Waals surface area (Å²) >= 11 is 0. The Morgan fingerprint density at radius 3 is 1.82 bits per heavy atom. The second kappa shape index (κ2) is 4.71. The van der Waals surface area contributed by atoms with Crippen LogP contribution in [0.15, 0.2) is 36.5 Å². The van der Waals surface area contributed by atoms with E-state index in [0.717, 1.165) is 5.47 Å². The number of allylic oxidation sites excluding steroid dienone is 3. The molecule has 17 heavy (non-hydrogen) atoms. The van der Waals surface area contributed by atoms with Crippen molar-refractivity contribution in [1.29, 1.82) is 0 Å². The van der Waals surface area contributed by atoms with Crippen LogP contribution in [0.1, 0.15) is 27.7 Å². The Kier molecular flexibility index (Phi) is 3.90. The van der Waals surface area contributed by atoms with Gasteiger partial charge in [-0.3, -0.25) is 0 Å². The maximum atomic E-state index is 5.92. The third kappa shape index (κ3) is 2.48. The molecule has 0 aromatic heterocycles. The summed E-state index contributed by atoms with van der Waals surface area (Å²) in [5, 5.41) is 0. The van der Waals surface area contributed by atoms with Crippen molar-refractivity contribution >= 4 is 7.12 Å². The zero-order valence-electron chi connectivity index (χ0n) is 11.4. The van der Waals surface area contributed by atoms with Crippen molar-refractivity contribution in [3.63, 3.8) is 0 Å². The molecule has 0 bridgehead atoms. The fourth-order valence-electron chi connectivity index (χ4n) is 1.60. The standard InChI is InChI=1S/C13H21BO3/c1-8-10(11(9-2)15-7)14-16-12(3,4)13(5,6)17-14/h8-9H,1-2H2,3-7H3/b11-10-. The Labute approximate surface area is 104 Å². The lowest BCUT2D eigenvalue weighted by Crippen LogP contribution is -2.41. The zero-order valence-corrected chi connectivity index (χ0v) is 11.4. The third-order valence-corrected chi connectivity index (χ3v) is 3.42. The second-order valence-electron chi connectivity index (χ2n) is 5.02. The van der Waals surface area contributed by atoms with E-state index in [-0.39, 0.29) is 11.2 Å². The number of methoxy groups -OCH3 is 1. The van der Waals surface area contributed by atoms with Gasteiger partial charge in [0.25, 0.3) is 0 Å². The van der Waals surface area contributed by atoms with Crippen LogP contribution < -0.4 is 0 Å². The molecule has 0 aromatic rings. The minimum atomic E-state index is -0.467. The molecular formula is C13H21BO3. The summed E-state index contributed by atoms with van der Waals surface area (Å²) in [6.07, 6.45) is 3.31. The van der Waals surface area contributed by atoms with Crippen LogP contribution in [-0.2, 0) is 14.0 Å². The van der Waals surface area contributed by atoms with E-state index >= 15 is 0 Å². The normalized spacial score (nSPS) is 23.0. The highest BCUT2D eigenvalue weighted by Crippen LogP contribution is 2.39. The number of ether oxygens (including phenoxy) is 1. The molecule has 0 atom stereocenters. The molecule has 0 amide bonds. The second-order valence-corrected chi connectivity index (χ2v) is 5.02. The van der Waals surface area contributed by atoms with Crippen molar-refractivity contribution in [2.75, 3.05) is 7.11 Å². The molecule has 1 heterocycles. The molecule has 3 nitrogen and oxygen atoms in total. The monoisotopic (exact) mass is 236 g/mol. The molecular weight excluding hydrogens is 215 g/mol. The molecule has 1 rings (SSSR count). The van der Waals surface area contributed by atoms with Gasteiger partial charge >= 0.3 is 7.12 Å². The van der Waals surface area contributed by atoms with E-state index in [1.54, 1.807) is 19.3 Å². The van der Waals surface area contributed by atoms with Crippen LogP contribution >= 0.6 is 0 Å². The highest BCUT2D eigenvalue weighted by molar-refractivity contribution is 6.55. The van der Waals surface area contributed by atoms with Crippen molar-refractivity contribution in [3.05, 3.63) is 36.5 Å². The summed E-state index contributed by atoms with van der Waals surface area (Å²) < 4.78 is 17.1. The lowest BCUT2D eigenvalue weighted by atomic mass is 9.77.